The first kappa shape index (κ1) is 25.1. The van der Waals surface area contributed by atoms with Gasteiger partial charge in [-0.25, -0.2) is 0 Å². The first-order chi connectivity index (χ1) is 12.8. The number of allylic oxidation sites excluding steroid dienone is 2. The summed E-state index contributed by atoms with van der Waals surface area (Å²) in [5.74, 6) is -0.914. The van der Waals surface area contributed by atoms with Crippen molar-refractivity contribution in [1.82, 2.24) is 5.32 Å². The Labute approximate surface area is 161 Å². The van der Waals surface area contributed by atoms with Crippen LogP contribution >= 0.6 is 0 Å². The van der Waals surface area contributed by atoms with Gasteiger partial charge in [-0.1, -0.05) is 70.4 Å². The van der Waals surface area contributed by atoms with Gasteiger partial charge in [0.15, 0.2) is 0 Å². The summed E-state index contributed by atoms with van der Waals surface area (Å²) in [7, 11) is 0. The van der Waals surface area contributed by atoms with E-state index in [1.807, 2.05) is 0 Å². The van der Waals surface area contributed by atoms with Gasteiger partial charge in [0.2, 0.25) is 0 Å². The van der Waals surface area contributed by atoms with Crippen molar-refractivity contribution in [1.29, 1.82) is 0 Å². The highest BCUT2D eigenvalue weighted by atomic mass is 16.5. The van der Waals surface area contributed by atoms with Gasteiger partial charge in [0, 0.05) is 19.1 Å². The lowest BCUT2D eigenvalue weighted by Gasteiger charge is -2.10. The number of carboxylic acid groups (broad SMARTS) is 1. The second kappa shape index (κ2) is 22.2. The fraction of sp³-hybridized carbons (Fsp3) is 0.864. The minimum atomic E-state index is -0.914. The molecule has 1 fully saturated rings. The van der Waals surface area contributed by atoms with Crippen LogP contribution in [-0.2, 0) is 9.53 Å². The number of hydrogen-bond donors (Lipinski definition) is 1. The van der Waals surface area contributed by atoms with E-state index in [1.165, 1.54) is 64.2 Å². The molecule has 0 amide bonds. The van der Waals surface area contributed by atoms with E-state index in [-0.39, 0.29) is 6.42 Å². The van der Waals surface area contributed by atoms with Crippen LogP contribution in [0.2, 0.25) is 0 Å². The summed E-state index contributed by atoms with van der Waals surface area (Å²) in [4.78, 5) is 10.2. The van der Waals surface area contributed by atoms with Crippen molar-refractivity contribution >= 4 is 5.97 Å². The van der Waals surface area contributed by atoms with Crippen LogP contribution in [0.15, 0.2) is 12.2 Å². The first-order valence-electron chi connectivity index (χ1n) is 10.9. The average molecular weight is 369 g/mol. The smallest absolute Gasteiger partial charge is 0.0591 e. The van der Waals surface area contributed by atoms with Gasteiger partial charge < -0.3 is 20.0 Å². The maximum absolute atomic E-state index is 10.2. The third-order valence-corrected chi connectivity index (χ3v) is 4.49. The van der Waals surface area contributed by atoms with Crippen molar-refractivity contribution in [2.45, 2.75) is 96.8 Å². The number of carbonyl (C=O) groups excluding carboxylic acids is 1. The normalized spacial score (nSPS) is 14.2. The Morgan fingerprint density at radius 1 is 0.846 bits per heavy atom. The molecular formula is C22H42NO3-. The van der Waals surface area contributed by atoms with Gasteiger partial charge in [0.25, 0.3) is 0 Å². The van der Waals surface area contributed by atoms with E-state index in [2.05, 4.69) is 24.4 Å². The summed E-state index contributed by atoms with van der Waals surface area (Å²) in [6.07, 6.45) is 20.9. The number of hydrogen-bond acceptors (Lipinski definition) is 4. The summed E-state index contributed by atoms with van der Waals surface area (Å²) in [6, 6.07) is 0. The molecule has 4 heteroatoms. The van der Waals surface area contributed by atoms with E-state index >= 15 is 0 Å². The zero-order valence-electron chi connectivity index (χ0n) is 17.1. The zero-order chi connectivity index (χ0) is 19.1. The lowest BCUT2D eigenvalue weighted by atomic mass is 10.1. The standard InChI is InChI=1S/C18H34O2.C4H9NO/c1-2-3-4-5-6-7-8-9-10-11-12-13-14-15-16-17-18(19)20;1-3-6-4-2-5-1/h9-10H,2-8,11-17H2,1H3,(H,19,20);5H,1-4H2/p-1. The van der Waals surface area contributed by atoms with Crippen molar-refractivity contribution in [2.24, 2.45) is 0 Å². The molecule has 1 N–H and O–H groups in total. The molecule has 1 heterocycles. The van der Waals surface area contributed by atoms with Gasteiger partial charge in [-0.2, -0.15) is 0 Å². The van der Waals surface area contributed by atoms with E-state index in [0.717, 1.165) is 45.6 Å². The molecule has 26 heavy (non-hydrogen) atoms. The summed E-state index contributed by atoms with van der Waals surface area (Å²) in [6.45, 7) is 6.09. The van der Waals surface area contributed by atoms with Gasteiger partial charge >= 0.3 is 0 Å². The molecule has 0 saturated carbocycles. The van der Waals surface area contributed by atoms with Gasteiger partial charge in [-0.15, -0.1) is 0 Å². The minimum Gasteiger partial charge on any atom is -0.550 e. The van der Waals surface area contributed by atoms with Gasteiger partial charge in [-0.05, 0) is 38.5 Å². The predicted molar refractivity (Wildman–Crippen MR) is 108 cm³/mol. The lowest BCUT2D eigenvalue weighted by molar-refractivity contribution is -0.305. The quantitative estimate of drug-likeness (QED) is 0.344. The number of rotatable bonds is 15. The second-order valence-corrected chi connectivity index (χ2v) is 7.07. The molecular weight excluding hydrogens is 326 g/mol. The van der Waals surface area contributed by atoms with Gasteiger partial charge in [0.05, 0.1) is 13.2 Å². The van der Waals surface area contributed by atoms with E-state index in [9.17, 15) is 9.90 Å². The highest BCUT2D eigenvalue weighted by Gasteiger charge is 1.93. The van der Waals surface area contributed by atoms with Crippen molar-refractivity contribution in [3.8, 4) is 0 Å². The Kier molecular flexibility index (Phi) is 21.4. The summed E-state index contributed by atoms with van der Waals surface area (Å²) < 4.78 is 5.01. The molecule has 0 aromatic heterocycles. The van der Waals surface area contributed by atoms with Gasteiger partial charge in [0.1, 0.15) is 0 Å². The minimum absolute atomic E-state index is 0.220. The summed E-state index contributed by atoms with van der Waals surface area (Å²) in [5.41, 5.74) is 0. The molecule has 1 saturated heterocycles. The Balaban J connectivity index is 0.000000867. The van der Waals surface area contributed by atoms with Crippen LogP contribution in [0, 0.1) is 0 Å². The molecule has 4 nitrogen and oxygen atoms in total. The van der Waals surface area contributed by atoms with Crippen LogP contribution in [-0.4, -0.2) is 32.3 Å². The molecule has 0 aliphatic carbocycles. The molecule has 1 rings (SSSR count). The van der Waals surface area contributed by atoms with Crippen LogP contribution in [0.5, 0.6) is 0 Å². The topological polar surface area (TPSA) is 61.4 Å². The Morgan fingerprint density at radius 3 is 1.77 bits per heavy atom. The molecule has 1 aliphatic heterocycles. The lowest BCUT2D eigenvalue weighted by Crippen LogP contribution is -2.30. The van der Waals surface area contributed by atoms with Gasteiger partial charge in [-0.3, -0.25) is 0 Å². The molecule has 0 aromatic carbocycles. The number of morpholine rings is 1. The van der Waals surface area contributed by atoms with Crippen LogP contribution < -0.4 is 10.4 Å². The molecule has 0 radical (unpaired) electrons. The highest BCUT2D eigenvalue weighted by Crippen LogP contribution is 2.09. The van der Waals surface area contributed by atoms with E-state index in [1.54, 1.807) is 0 Å². The fourth-order valence-electron chi connectivity index (χ4n) is 2.86. The number of unbranched alkanes of at least 4 members (excludes halogenated alkanes) is 11. The Hall–Kier alpha value is -0.870. The molecule has 0 spiro atoms. The molecule has 0 bridgehead atoms. The van der Waals surface area contributed by atoms with Crippen molar-refractivity contribution in [3.63, 3.8) is 0 Å². The van der Waals surface area contributed by atoms with Crippen LogP contribution in [0.25, 0.3) is 0 Å². The number of ether oxygens (including phenoxy) is 1. The van der Waals surface area contributed by atoms with E-state index in [4.69, 9.17) is 4.74 Å². The van der Waals surface area contributed by atoms with E-state index in [0.29, 0.717) is 0 Å². The molecule has 0 atom stereocenters. The average Bonchev–Trinajstić information content (AvgIpc) is 2.66. The summed E-state index contributed by atoms with van der Waals surface area (Å²) in [5, 5.41) is 13.4. The largest absolute Gasteiger partial charge is 0.550 e. The Bertz CT molecular complexity index is 303. The molecule has 0 aromatic rings. The van der Waals surface area contributed by atoms with E-state index < -0.39 is 5.97 Å². The molecule has 1 aliphatic rings. The van der Waals surface area contributed by atoms with Crippen molar-refractivity contribution < 1.29 is 14.6 Å². The van der Waals surface area contributed by atoms with Crippen molar-refractivity contribution in [3.05, 3.63) is 12.2 Å². The zero-order valence-corrected chi connectivity index (χ0v) is 17.1. The third kappa shape index (κ3) is 23.1. The maximum atomic E-state index is 10.2. The number of carboxylic acids is 1. The third-order valence-electron chi connectivity index (χ3n) is 4.49. The fourth-order valence-corrected chi connectivity index (χ4v) is 2.86. The first-order valence-corrected chi connectivity index (χ1v) is 10.9. The second-order valence-electron chi connectivity index (χ2n) is 7.07. The number of carbonyl (C=O) groups is 1. The monoisotopic (exact) mass is 368 g/mol. The number of aliphatic carboxylic acids is 1. The maximum Gasteiger partial charge on any atom is 0.0591 e. The predicted octanol–water partition coefficient (Wildman–Crippen LogP) is 4.38. The molecule has 154 valence electrons. The van der Waals surface area contributed by atoms with Crippen molar-refractivity contribution in [2.75, 3.05) is 26.3 Å². The van der Waals surface area contributed by atoms with Crippen LogP contribution in [0.1, 0.15) is 96.8 Å². The summed E-state index contributed by atoms with van der Waals surface area (Å²) >= 11 is 0. The SMILES string of the molecule is C1COCCN1.CCCCCCCCC=CCCCCCCCC(=O)[O-]. The number of nitrogens with one attached hydrogen (secondary N) is 1. The Morgan fingerprint density at radius 2 is 1.35 bits per heavy atom. The van der Waals surface area contributed by atoms with Crippen LogP contribution in [0.4, 0.5) is 0 Å². The van der Waals surface area contributed by atoms with Crippen LogP contribution in [0.3, 0.4) is 0 Å². The highest BCUT2D eigenvalue weighted by molar-refractivity contribution is 5.63. The molecule has 0 unspecified atom stereocenters.